The summed E-state index contributed by atoms with van der Waals surface area (Å²) in [5.74, 6) is 0. The van der Waals surface area contributed by atoms with Crippen molar-refractivity contribution in [2.45, 2.75) is 57.7 Å². The zero-order valence-corrected chi connectivity index (χ0v) is 16.8. The van der Waals surface area contributed by atoms with Crippen LogP contribution in [0.1, 0.15) is 47.7 Å². The Morgan fingerprint density at radius 3 is 2.89 bits per heavy atom. The molecule has 4 heteroatoms. The first-order chi connectivity index (χ1) is 13.1. The van der Waals surface area contributed by atoms with Gasteiger partial charge in [-0.3, -0.25) is 4.90 Å². The molecule has 2 unspecified atom stereocenters. The van der Waals surface area contributed by atoms with E-state index in [1.807, 2.05) is 12.3 Å². The van der Waals surface area contributed by atoms with Crippen LogP contribution < -0.4 is 0 Å². The van der Waals surface area contributed by atoms with E-state index in [0.717, 1.165) is 13.0 Å². The third-order valence-electron chi connectivity index (χ3n) is 6.63. The summed E-state index contributed by atoms with van der Waals surface area (Å²) in [7, 11) is 2.33. The lowest BCUT2D eigenvalue weighted by Crippen LogP contribution is -2.44. The minimum Gasteiger partial charge on any atom is -0.344 e. The molecule has 0 amide bonds. The zero-order valence-electron chi connectivity index (χ0n) is 16.1. The Morgan fingerprint density at radius 1 is 1.19 bits per heavy atom. The highest BCUT2D eigenvalue weighted by molar-refractivity contribution is 6.29. The van der Waals surface area contributed by atoms with Crippen molar-refractivity contribution in [1.82, 2.24) is 14.5 Å². The SMILES string of the molecule is Cc1ccc2c(c1)c1c(n2CCc2ccc(Cl)nc2)CC2CCCC1N2C. The number of fused-ring (bicyclic) bond motifs is 6. The maximum Gasteiger partial charge on any atom is 0.129 e. The molecule has 27 heavy (non-hydrogen) atoms. The van der Waals surface area contributed by atoms with Gasteiger partial charge in [-0.15, -0.1) is 0 Å². The first kappa shape index (κ1) is 17.3. The van der Waals surface area contributed by atoms with Gasteiger partial charge >= 0.3 is 0 Å². The van der Waals surface area contributed by atoms with Gasteiger partial charge in [-0.25, -0.2) is 4.98 Å². The lowest BCUT2D eigenvalue weighted by molar-refractivity contribution is 0.0988. The molecule has 5 rings (SSSR count). The topological polar surface area (TPSA) is 21.1 Å². The number of benzene rings is 1. The van der Waals surface area contributed by atoms with Crippen LogP contribution in [0.4, 0.5) is 0 Å². The van der Waals surface area contributed by atoms with Crippen LogP contribution in [0, 0.1) is 6.92 Å². The van der Waals surface area contributed by atoms with Crippen LogP contribution in [0.3, 0.4) is 0 Å². The summed E-state index contributed by atoms with van der Waals surface area (Å²) >= 11 is 5.95. The third kappa shape index (κ3) is 2.88. The molecule has 1 fully saturated rings. The first-order valence-corrected chi connectivity index (χ1v) is 10.4. The Morgan fingerprint density at radius 2 is 2.07 bits per heavy atom. The lowest BCUT2D eigenvalue weighted by Gasteiger charge is -2.44. The average Bonchev–Trinajstić information content (AvgIpc) is 2.93. The lowest BCUT2D eigenvalue weighted by atomic mass is 9.82. The summed E-state index contributed by atoms with van der Waals surface area (Å²) in [6.45, 7) is 3.21. The van der Waals surface area contributed by atoms with Crippen molar-refractivity contribution in [3.05, 3.63) is 64.1 Å². The molecule has 0 N–H and O–H groups in total. The van der Waals surface area contributed by atoms with Crippen molar-refractivity contribution in [3.8, 4) is 0 Å². The van der Waals surface area contributed by atoms with Gasteiger partial charge in [0.25, 0.3) is 0 Å². The monoisotopic (exact) mass is 379 g/mol. The Labute approximate surface area is 166 Å². The molecule has 2 aliphatic heterocycles. The number of hydrogen-bond donors (Lipinski definition) is 0. The van der Waals surface area contributed by atoms with E-state index < -0.39 is 0 Å². The van der Waals surface area contributed by atoms with Crippen molar-refractivity contribution < 1.29 is 0 Å². The van der Waals surface area contributed by atoms with Gasteiger partial charge in [-0.2, -0.15) is 0 Å². The van der Waals surface area contributed by atoms with Gasteiger partial charge in [-0.05, 0) is 69.0 Å². The molecule has 1 saturated heterocycles. The van der Waals surface area contributed by atoms with Crippen LogP contribution in [-0.4, -0.2) is 27.5 Å². The van der Waals surface area contributed by atoms with E-state index in [1.165, 1.54) is 47.7 Å². The summed E-state index contributed by atoms with van der Waals surface area (Å²) in [6.07, 6.45) is 8.04. The summed E-state index contributed by atoms with van der Waals surface area (Å²) in [6, 6.07) is 12.2. The highest BCUT2D eigenvalue weighted by Crippen LogP contribution is 2.45. The van der Waals surface area contributed by atoms with Crippen molar-refractivity contribution >= 4 is 22.5 Å². The molecule has 2 bridgehead atoms. The van der Waals surface area contributed by atoms with Crippen molar-refractivity contribution in [1.29, 1.82) is 0 Å². The smallest absolute Gasteiger partial charge is 0.129 e. The third-order valence-corrected chi connectivity index (χ3v) is 6.85. The molecular weight excluding hydrogens is 354 g/mol. The number of nitrogens with zero attached hydrogens (tertiary/aromatic N) is 3. The maximum atomic E-state index is 5.95. The van der Waals surface area contributed by atoms with Crippen LogP contribution in [0.2, 0.25) is 5.15 Å². The zero-order chi connectivity index (χ0) is 18.5. The molecular formula is C23H26ClN3. The number of pyridine rings is 1. The van der Waals surface area contributed by atoms with Gasteiger partial charge in [0.05, 0.1) is 0 Å². The standard InChI is InChI=1S/C23H26ClN3/c1-15-6-8-19-18(12-15)23-20-5-3-4-17(26(20)2)13-21(23)27(19)11-10-16-7-9-22(24)25-14-16/h6-9,12,14,17,20H,3-5,10-11,13H2,1-2H3. The predicted molar refractivity (Wildman–Crippen MR) is 111 cm³/mol. The fourth-order valence-corrected chi connectivity index (χ4v) is 5.33. The van der Waals surface area contributed by atoms with Crippen molar-refractivity contribution in [2.24, 2.45) is 0 Å². The van der Waals surface area contributed by atoms with E-state index in [-0.39, 0.29) is 0 Å². The Bertz CT molecular complexity index is 989. The highest BCUT2D eigenvalue weighted by Gasteiger charge is 2.38. The summed E-state index contributed by atoms with van der Waals surface area (Å²) < 4.78 is 2.59. The summed E-state index contributed by atoms with van der Waals surface area (Å²) in [4.78, 5) is 6.89. The van der Waals surface area contributed by atoms with Gasteiger partial charge in [0.1, 0.15) is 5.15 Å². The molecule has 140 valence electrons. The molecule has 1 aromatic carbocycles. The quantitative estimate of drug-likeness (QED) is 0.574. The van der Waals surface area contributed by atoms with E-state index in [1.54, 1.807) is 11.3 Å². The van der Waals surface area contributed by atoms with Gasteiger partial charge in [0.2, 0.25) is 0 Å². The van der Waals surface area contributed by atoms with Gasteiger partial charge in [0, 0.05) is 47.8 Å². The minimum atomic E-state index is 0.564. The fourth-order valence-electron chi connectivity index (χ4n) is 5.22. The number of hydrogen-bond acceptors (Lipinski definition) is 2. The summed E-state index contributed by atoms with van der Waals surface area (Å²) in [5, 5.41) is 2.03. The fraction of sp³-hybridized carbons (Fsp3) is 0.435. The average molecular weight is 380 g/mol. The maximum absolute atomic E-state index is 5.95. The first-order valence-electron chi connectivity index (χ1n) is 10.1. The van der Waals surface area contributed by atoms with Crippen molar-refractivity contribution in [2.75, 3.05) is 7.05 Å². The molecule has 0 aliphatic carbocycles. The second-order valence-electron chi connectivity index (χ2n) is 8.24. The Hall–Kier alpha value is -1.84. The predicted octanol–water partition coefficient (Wildman–Crippen LogP) is 5.32. The number of piperidine rings is 1. The van der Waals surface area contributed by atoms with E-state index in [9.17, 15) is 0 Å². The van der Waals surface area contributed by atoms with Crippen molar-refractivity contribution in [3.63, 3.8) is 0 Å². The number of aromatic nitrogens is 2. The molecule has 4 heterocycles. The molecule has 0 spiro atoms. The molecule has 3 nitrogen and oxygen atoms in total. The van der Waals surface area contributed by atoms with Crippen LogP contribution in [0.15, 0.2) is 36.5 Å². The molecule has 3 aromatic rings. The van der Waals surface area contributed by atoms with Gasteiger partial charge < -0.3 is 4.57 Å². The Balaban J connectivity index is 1.60. The van der Waals surface area contributed by atoms with Gasteiger partial charge in [0.15, 0.2) is 0 Å². The molecule has 0 saturated carbocycles. The highest BCUT2D eigenvalue weighted by atomic mass is 35.5. The van der Waals surface area contributed by atoms with Crippen LogP contribution >= 0.6 is 11.6 Å². The normalized spacial score (nSPS) is 22.2. The Kier molecular flexibility index (Phi) is 4.25. The molecule has 2 atom stereocenters. The second kappa shape index (κ2) is 6.65. The minimum absolute atomic E-state index is 0.564. The largest absolute Gasteiger partial charge is 0.344 e. The van der Waals surface area contributed by atoms with Crippen LogP contribution in [-0.2, 0) is 19.4 Å². The van der Waals surface area contributed by atoms with Crippen LogP contribution in [0.5, 0.6) is 0 Å². The van der Waals surface area contributed by atoms with Gasteiger partial charge in [-0.1, -0.05) is 29.3 Å². The number of rotatable bonds is 3. The molecule has 0 radical (unpaired) electrons. The van der Waals surface area contributed by atoms with E-state index >= 15 is 0 Å². The molecule has 2 aromatic heterocycles. The molecule has 2 aliphatic rings. The van der Waals surface area contributed by atoms with E-state index in [2.05, 4.69) is 52.7 Å². The van der Waals surface area contributed by atoms with E-state index in [4.69, 9.17) is 11.6 Å². The summed E-state index contributed by atoms with van der Waals surface area (Å²) in [5.41, 5.74) is 7.17. The van der Waals surface area contributed by atoms with E-state index in [0.29, 0.717) is 17.2 Å². The number of halogens is 1. The number of likely N-dealkylation sites (N-methyl/N-ethyl adjacent to an activating group) is 1. The number of aryl methyl sites for hydroxylation is 3. The van der Waals surface area contributed by atoms with Crippen LogP contribution in [0.25, 0.3) is 10.9 Å². The second-order valence-corrected chi connectivity index (χ2v) is 8.63.